The minimum atomic E-state index is -0.676. The van der Waals surface area contributed by atoms with Crippen molar-refractivity contribution < 1.29 is 4.21 Å². The molecule has 1 aliphatic carbocycles. The molecule has 1 saturated carbocycles. The lowest BCUT2D eigenvalue weighted by Gasteiger charge is -2.28. The van der Waals surface area contributed by atoms with Crippen LogP contribution in [0.4, 0.5) is 0 Å². The fourth-order valence-electron chi connectivity index (χ4n) is 3.05. The van der Waals surface area contributed by atoms with Crippen LogP contribution in [0.25, 0.3) is 0 Å². The van der Waals surface area contributed by atoms with Gasteiger partial charge >= 0.3 is 0 Å². The third kappa shape index (κ3) is 5.42. The Morgan fingerprint density at radius 1 is 1.11 bits per heavy atom. The van der Waals surface area contributed by atoms with Gasteiger partial charge in [-0.05, 0) is 39.0 Å². The van der Waals surface area contributed by atoms with Crippen LogP contribution in [-0.4, -0.2) is 14.7 Å². The first-order chi connectivity index (χ1) is 8.45. The van der Waals surface area contributed by atoms with E-state index in [0.717, 1.165) is 11.7 Å². The number of hydrogen-bond acceptors (Lipinski definition) is 1. The van der Waals surface area contributed by atoms with E-state index >= 15 is 0 Å². The third-order valence-electron chi connectivity index (χ3n) is 4.27. The molecule has 0 spiro atoms. The predicted molar refractivity (Wildman–Crippen MR) is 82.4 cm³/mol. The molecule has 0 heterocycles. The minimum absolute atomic E-state index is 0.0449. The van der Waals surface area contributed by atoms with E-state index < -0.39 is 10.8 Å². The summed E-state index contributed by atoms with van der Waals surface area (Å²) in [6, 6.07) is 0. The molecule has 0 amide bonds. The van der Waals surface area contributed by atoms with E-state index in [1.165, 1.54) is 51.4 Å². The van der Waals surface area contributed by atoms with Gasteiger partial charge in [-0.25, -0.2) is 0 Å². The molecule has 1 fully saturated rings. The van der Waals surface area contributed by atoms with Gasteiger partial charge in [-0.3, -0.25) is 4.21 Å². The smallest absolute Gasteiger partial charge is 0.0375 e. The van der Waals surface area contributed by atoms with Crippen LogP contribution in [0, 0.1) is 11.8 Å². The van der Waals surface area contributed by atoms with Gasteiger partial charge in [0.25, 0.3) is 0 Å². The second-order valence-corrected chi connectivity index (χ2v) is 9.17. The molecule has 108 valence electrons. The fourth-order valence-corrected chi connectivity index (χ4v) is 4.38. The highest BCUT2D eigenvalue weighted by molar-refractivity contribution is 7.86. The van der Waals surface area contributed by atoms with E-state index in [2.05, 4.69) is 27.7 Å². The van der Waals surface area contributed by atoms with E-state index in [4.69, 9.17) is 0 Å². The van der Waals surface area contributed by atoms with Gasteiger partial charge in [0, 0.05) is 21.3 Å². The number of rotatable bonds is 5. The van der Waals surface area contributed by atoms with Gasteiger partial charge in [0.2, 0.25) is 0 Å². The molecule has 0 aliphatic heterocycles. The Kier molecular flexibility index (Phi) is 6.90. The van der Waals surface area contributed by atoms with Crippen molar-refractivity contribution in [2.75, 3.05) is 5.75 Å². The van der Waals surface area contributed by atoms with Crippen LogP contribution < -0.4 is 0 Å². The molecule has 0 radical (unpaired) electrons. The predicted octanol–water partition coefficient (Wildman–Crippen LogP) is 4.92. The van der Waals surface area contributed by atoms with E-state index in [1.54, 1.807) is 0 Å². The van der Waals surface area contributed by atoms with Crippen molar-refractivity contribution in [3.05, 3.63) is 0 Å². The minimum Gasteiger partial charge on any atom is -0.259 e. The van der Waals surface area contributed by atoms with Gasteiger partial charge in [-0.1, -0.05) is 51.9 Å². The van der Waals surface area contributed by atoms with Crippen LogP contribution in [0.15, 0.2) is 0 Å². The van der Waals surface area contributed by atoms with Crippen LogP contribution in [0.1, 0.15) is 79.1 Å². The Hall–Kier alpha value is 0.150. The maximum absolute atomic E-state index is 12.4. The summed E-state index contributed by atoms with van der Waals surface area (Å²) >= 11 is 0. The average molecular weight is 272 g/mol. The summed E-state index contributed by atoms with van der Waals surface area (Å²) in [6.07, 6.45) is 10.9. The molecule has 0 aromatic carbocycles. The van der Waals surface area contributed by atoms with Gasteiger partial charge in [0.05, 0.1) is 0 Å². The fraction of sp³-hybridized carbons (Fsp3) is 1.00. The lowest BCUT2D eigenvalue weighted by atomic mass is 9.84. The summed E-state index contributed by atoms with van der Waals surface area (Å²) < 4.78 is 12.3. The largest absolute Gasteiger partial charge is 0.259 e. The van der Waals surface area contributed by atoms with Crippen molar-refractivity contribution in [1.82, 2.24) is 0 Å². The molecule has 0 saturated heterocycles. The van der Waals surface area contributed by atoms with Crippen LogP contribution in [0.5, 0.6) is 0 Å². The highest BCUT2D eigenvalue weighted by atomic mass is 32.2. The number of hydrogen-bond donors (Lipinski definition) is 0. The molecule has 0 bridgehead atoms. The topological polar surface area (TPSA) is 17.1 Å². The summed E-state index contributed by atoms with van der Waals surface area (Å²) in [7, 11) is -0.676. The summed E-state index contributed by atoms with van der Waals surface area (Å²) in [6.45, 7) is 8.60. The van der Waals surface area contributed by atoms with Gasteiger partial charge in [-0.2, -0.15) is 0 Å². The van der Waals surface area contributed by atoms with E-state index in [0.29, 0.717) is 5.92 Å². The van der Waals surface area contributed by atoms with Crippen LogP contribution in [-0.2, 0) is 10.8 Å². The zero-order valence-electron chi connectivity index (χ0n) is 12.8. The summed E-state index contributed by atoms with van der Waals surface area (Å²) in [4.78, 5) is 0. The highest BCUT2D eigenvalue weighted by Crippen LogP contribution is 2.33. The molecule has 2 heteroatoms. The molecule has 1 rings (SSSR count). The zero-order chi connectivity index (χ0) is 13.6. The lowest BCUT2D eigenvalue weighted by Crippen LogP contribution is -2.30. The van der Waals surface area contributed by atoms with Crippen molar-refractivity contribution in [1.29, 1.82) is 0 Å². The molecular weight excluding hydrogens is 240 g/mol. The Labute approximate surface area is 117 Å². The Morgan fingerprint density at radius 2 is 1.67 bits per heavy atom. The van der Waals surface area contributed by atoms with Crippen LogP contribution in [0.2, 0.25) is 0 Å². The van der Waals surface area contributed by atoms with Gasteiger partial charge in [0.1, 0.15) is 0 Å². The standard InChI is InChI=1S/C16H32OS/c1-5-10-15(13-18(17)16(2,3)4)14-11-8-6-7-9-12-14/h14-15H,5-13H2,1-4H3/t15?,18-/m1/s1. The normalized spacial score (nSPS) is 22.4. The van der Waals surface area contributed by atoms with Gasteiger partial charge < -0.3 is 0 Å². The average Bonchev–Trinajstić information content (AvgIpc) is 2.55. The molecule has 18 heavy (non-hydrogen) atoms. The highest BCUT2D eigenvalue weighted by Gasteiger charge is 2.28. The second-order valence-electron chi connectivity index (χ2n) is 6.92. The Morgan fingerprint density at radius 3 is 2.11 bits per heavy atom. The Bertz CT molecular complexity index is 246. The molecule has 0 N–H and O–H groups in total. The quantitative estimate of drug-likeness (QED) is 0.649. The maximum Gasteiger partial charge on any atom is 0.0375 e. The first kappa shape index (κ1) is 16.2. The van der Waals surface area contributed by atoms with E-state index in [9.17, 15) is 4.21 Å². The van der Waals surface area contributed by atoms with Gasteiger partial charge in [0.15, 0.2) is 0 Å². The molecule has 0 aromatic heterocycles. The first-order valence-corrected chi connectivity index (χ1v) is 9.15. The SMILES string of the molecule is CCCC(C[S@@](=O)C(C)(C)C)C1CCCCCC1. The third-order valence-corrected chi connectivity index (χ3v) is 6.37. The van der Waals surface area contributed by atoms with Crippen molar-refractivity contribution in [3.63, 3.8) is 0 Å². The van der Waals surface area contributed by atoms with E-state index in [-0.39, 0.29) is 4.75 Å². The molecular formula is C16H32OS. The second kappa shape index (κ2) is 7.67. The van der Waals surface area contributed by atoms with Crippen molar-refractivity contribution >= 4 is 10.8 Å². The molecule has 1 unspecified atom stereocenters. The maximum atomic E-state index is 12.4. The Balaban J connectivity index is 2.60. The van der Waals surface area contributed by atoms with Crippen molar-refractivity contribution in [2.24, 2.45) is 11.8 Å². The van der Waals surface area contributed by atoms with Crippen molar-refractivity contribution in [2.45, 2.75) is 83.8 Å². The van der Waals surface area contributed by atoms with Crippen molar-refractivity contribution in [3.8, 4) is 0 Å². The molecule has 1 nitrogen and oxygen atoms in total. The monoisotopic (exact) mass is 272 g/mol. The van der Waals surface area contributed by atoms with E-state index in [1.807, 2.05) is 0 Å². The van der Waals surface area contributed by atoms with Gasteiger partial charge in [-0.15, -0.1) is 0 Å². The summed E-state index contributed by atoms with van der Waals surface area (Å²) in [5.41, 5.74) is 0. The van der Waals surface area contributed by atoms with Crippen LogP contribution >= 0.6 is 0 Å². The van der Waals surface area contributed by atoms with Crippen LogP contribution in [0.3, 0.4) is 0 Å². The molecule has 0 aromatic rings. The zero-order valence-corrected chi connectivity index (χ0v) is 13.7. The summed E-state index contributed by atoms with van der Waals surface area (Å²) in [5.74, 6) is 2.48. The molecule has 2 atom stereocenters. The lowest BCUT2D eigenvalue weighted by molar-refractivity contribution is 0.304. The molecule has 1 aliphatic rings. The first-order valence-electron chi connectivity index (χ1n) is 7.83. The summed E-state index contributed by atoms with van der Waals surface area (Å²) in [5, 5.41) is 0.